The van der Waals surface area contributed by atoms with E-state index < -0.39 is 22.0 Å². The summed E-state index contributed by atoms with van der Waals surface area (Å²) >= 11 is 6.51. The van der Waals surface area contributed by atoms with Crippen molar-refractivity contribution in [3.05, 3.63) is 67.6 Å². The topological polar surface area (TPSA) is 128 Å². The molecule has 0 aromatic heterocycles. The Bertz CT molecular complexity index is 1170. The van der Waals surface area contributed by atoms with Gasteiger partial charge < -0.3 is 14.8 Å². The molecule has 1 aliphatic heterocycles. The molecule has 12 heteroatoms. The number of amides is 3. The van der Waals surface area contributed by atoms with Crippen molar-refractivity contribution in [1.29, 1.82) is 0 Å². The Balaban J connectivity index is 1.67. The number of nitrogens with zero attached hydrogens (tertiary/aromatic N) is 2. The fourth-order valence-electron chi connectivity index (χ4n) is 2.97. The van der Waals surface area contributed by atoms with Gasteiger partial charge in [0.1, 0.15) is 16.5 Å². The first-order valence-electron chi connectivity index (χ1n) is 9.44. The molecule has 3 rings (SSSR count). The third-order valence-electron chi connectivity index (χ3n) is 4.61. The van der Waals surface area contributed by atoms with Crippen LogP contribution in [-0.2, 0) is 4.79 Å². The maximum atomic E-state index is 12.6. The van der Waals surface area contributed by atoms with E-state index in [1.165, 1.54) is 44.6 Å². The van der Waals surface area contributed by atoms with E-state index in [-0.39, 0.29) is 34.3 Å². The Morgan fingerprint density at radius 3 is 2.64 bits per heavy atom. The molecule has 0 aliphatic carbocycles. The average molecular weight is 492 g/mol. The van der Waals surface area contributed by atoms with Crippen molar-refractivity contribution < 1.29 is 28.8 Å². The van der Waals surface area contributed by atoms with Gasteiger partial charge in [0.05, 0.1) is 29.6 Å². The molecular formula is C21H18ClN3O7S. The molecule has 0 saturated carbocycles. The molecule has 1 N–H and O–H groups in total. The molecule has 0 bridgehead atoms. The minimum Gasteiger partial charge on any atom is -0.497 e. The number of rotatable bonds is 8. The van der Waals surface area contributed by atoms with Gasteiger partial charge in [-0.25, -0.2) is 0 Å². The normalized spacial score (nSPS) is 14.5. The summed E-state index contributed by atoms with van der Waals surface area (Å²) in [5, 5.41) is 13.1. The van der Waals surface area contributed by atoms with Crippen molar-refractivity contribution in [2.75, 3.05) is 27.3 Å². The lowest BCUT2D eigenvalue weighted by Gasteiger charge is -2.14. The van der Waals surface area contributed by atoms with E-state index >= 15 is 0 Å². The van der Waals surface area contributed by atoms with Crippen molar-refractivity contribution in [1.82, 2.24) is 10.2 Å². The summed E-state index contributed by atoms with van der Waals surface area (Å²) in [6.45, 7) is -0.0439. The number of hydrogen-bond acceptors (Lipinski definition) is 8. The predicted octanol–water partition coefficient (Wildman–Crippen LogP) is 3.73. The van der Waals surface area contributed by atoms with E-state index in [9.17, 15) is 24.5 Å². The number of hydrogen-bond donors (Lipinski definition) is 1. The maximum Gasteiger partial charge on any atom is 0.293 e. The fraction of sp³-hybridized carbons (Fsp3) is 0.190. The molecule has 10 nitrogen and oxygen atoms in total. The Morgan fingerprint density at radius 1 is 1.21 bits per heavy atom. The number of thioether (sulfide) groups is 1. The third kappa shape index (κ3) is 5.44. The van der Waals surface area contributed by atoms with Crippen LogP contribution < -0.4 is 14.8 Å². The number of carbonyl (C=O) groups is 3. The van der Waals surface area contributed by atoms with Crippen LogP contribution in [0.2, 0.25) is 5.02 Å². The molecule has 0 radical (unpaired) electrons. The predicted molar refractivity (Wildman–Crippen MR) is 123 cm³/mol. The molecule has 0 spiro atoms. The molecule has 1 saturated heterocycles. The summed E-state index contributed by atoms with van der Waals surface area (Å²) in [6, 6.07) is 8.83. The number of benzene rings is 2. The van der Waals surface area contributed by atoms with E-state index in [1.54, 1.807) is 12.1 Å². The number of methoxy groups -OCH3 is 2. The van der Waals surface area contributed by atoms with Crippen molar-refractivity contribution in [2.24, 2.45) is 0 Å². The lowest BCUT2D eigenvalue weighted by molar-refractivity contribution is -0.384. The van der Waals surface area contributed by atoms with Crippen LogP contribution in [-0.4, -0.2) is 54.2 Å². The first-order valence-corrected chi connectivity index (χ1v) is 10.6. The van der Waals surface area contributed by atoms with Gasteiger partial charge in [-0.05, 0) is 47.7 Å². The van der Waals surface area contributed by atoms with Gasteiger partial charge in [0.2, 0.25) is 0 Å². The maximum absolute atomic E-state index is 12.6. The summed E-state index contributed by atoms with van der Waals surface area (Å²) in [6.07, 6.45) is 1.38. The number of nitrogens with one attached hydrogen (secondary N) is 1. The molecule has 172 valence electrons. The van der Waals surface area contributed by atoms with Gasteiger partial charge in [0, 0.05) is 19.2 Å². The van der Waals surface area contributed by atoms with Crippen molar-refractivity contribution in [3.63, 3.8) is 0 Å². The van der Waals surface area contributed by atoms with E-state index in [0.29, 0.717) is 28.8 Å². The van der Waals surface area contributed by atoms with Gasteiger partial charge in [-0.1, -0.05) is 17.7 Å². The molecule has 33 heavy (non-hydrogen) atoms. The number of carbonyl (C=O) groups excluding carboxylic acids is 3. The quantitative estimate of drug-likeness (QED) is 0.336. The highest BCUT2D eigenvalue weighted by Gasteiger charge is 2.34. The monoisotopic (exact) mass is 491 g/mol. The molecular weight excluding hydrogens is 474 g/mol. The summed E-state index contributed by atoms with van der Waals surface area (Å²) in [4.78, 5) is 49.0. The number of ether oxygens (including phenoxy) is 2. The number of halogens is 1. The Morgan fingerprint density at radius 2 is 1.97 bits per heavy atom. The zero-order chi connectivity index (χ0) is 24.1. The van der Waals surface area contributed by atoms with Crippen LogP contribution in [0.25, 0.3) is 6.08 Å². The zero-order valence-corrected chi connectivity index (χ0v) is 19.1. The second-order valence-electron chi connectivity index (χ2n) is 6.62. The first-order chi connectivity index (χ1) is 15.7. The molecule has 2 aromatic carbocycles. The zero-order valence-electron chi connectivity index (χ0n) is 17.5. The molecule has 1 aliphatic rings. The molecule has 2 aromatic rings. The Labute approximate surface area is 197 Å². The van der Waals surface area contributed by atoms with Crippen LogP contribution in [0.3, 0.4) is 0 Å². The number of nitro groups is 1. The van der Waals surface area contributed by atoms with Crippen LogP contribution in [0.1, 0.15) is 15.9 Å². The van der Waals surface area contributed by atoms with Gasteiger partial charge in [-0.2, -0.15) is 0 Å². The highest BCUT2D eigenvalue weighted by atomic mass is 35.5. The smallest absolute Gasteiger partial charge is 0.293 e. The number of nitro benzene ring substituents is 1. The van der Waals surface area contributed by atoms with E-state index in [0.717, 1.165) is 4.90 Å². The summed E-state index contributed by atoms with van der Waals surface area (Å²) in [7, 11) is 2.90. The van der Waals surface area contributed by atoms with Crippen LogP contribution in [0.15, 0.2) is 41.3 Å². The Kier molecular flexibility index (Phi) is 7.56. The second-order valence-corrected chi connectivity index (χ2v) is 8.02. The van der Waals surface area contributed by atoms with E-state index in [4.69, 9.17) is 21.1 Å². The highest BCUT2D eigenvalue weighted by molar-refractivity contribution is 8.18. The molecule has 1 fully saturated rings. The fourth-order valence-corrected chi connectivity index (χ4v) is 4.02. The van der Waals surface area contributed by atoms with Gasteiger partial charge in [0.15, 0.2) is 0 Å². The van der Waals surface area contributed by atoms with Crippen molar-refractivity contribution in [3.8, 4) is 11.5 Å². The average Bonchev–Trinajstić information content (AvgIpc) is 3.06. The van der Waals surface area contributed by atoms with Crippen LogP contribution in [0.4, 0.5) is 10.5 Å². The largest absolute Gasteiger partial charge is 0.497 e. The summed E-state index contributed by atoms with van der Waals surface area (Å²) < 4.78 is 10.3. The van der Waals surface area contributed by atoms with Gasteiger partial charge >= 0.3 is 0 Å². The molecule has 3 amide bonds. The standard InChI is InChI=1S/C21H18ClN3O7S/c1-31-13-4-6-17(32-2)14(11-13)19(26)23-7-8-24-20(27)18(33-21(24)28)10-12-3-5-15(22)16(9-12)25(29)30/h3-6,9-11H,7-8H2,1-2H3,(H,23,26)/b18-10-. The summed E-state index contributed by atoms with van der Waals surface area (Å²) in [5.41, 5.74) is 0.297. The van der Waals surface area contributed by atoms with Crippen LogP contribution in [0, 0.1) is 10.1 Å². The first kappa shape index (κ1) is 24.1. The molecule has 0 unspecified atom stereocenters. The van der Waals surface area contributed by atoms with Crippen molar-refractivity contribution >= 4 is 52.2 Å². The SMILES string of the molecule is COc1ccc(OC)c(C(=O)NCCN2C(=O)S/C(=C\c3ccc(Cl)c([N+](=O)[O-])c3)C2=O)c1. The van der Waals surface area contributed by atoms with Gasteiger partial charge in [-0.15, -0.1) is 0 Å². The Hall–Kier alpha value is -3.57. The summed E-state index contributed by atoms with van der Waals surface area (Å²) in [5.74, 6) is -0.198. The van der Waals surface area contributed by atoms with Crippen LogP contribution >= 0.6 is 23.4 Å². The lowest BCUT2D eigenvalue weighted by atomic mass is 10.1. The minimum atomic E-state index is -0.634. The minimum absolute atomic E-state index is 0.0108. The third-order valence-corrected chi connectivity index (χ3v) is 5.84. The van der Waals surface area contributed by atoms with Crippen molar-refractivity contribution in [2.45, 2.75) is 0 Å². The van der Waals surface area contributed by atoms with E-state index in [1.807, 2.05) is 0 Å². The van der Waals surface area contributed by atoms with E-state index in [2.05, 4.69) is 5.32 Å². The van der Waals surface area contributed by atoms with Crippen LogP contribution in [0.5, 0.6) is 11.5 Å². The second kappa shape index (κ2) is 10.4. The lowest BCUT2D eigenvalue weighted by Crippen LogP contribution is -2.37. The molecule has 0 atom stereocenters. The molecule has 1 heterocycles. The number of imide groups is 1. The van der Waals surface area contributed by atoms with Gasteiger partial charge in [0.25, 0.3) is 22.7 Å². The van der Waals surface area contributed by atoms with Gasteiger partial charge in [-0.3, -0.25) is 29.4 Å². The highest BCUT2D eigenvalue weighted by Crippen LogP contribution is 2.33.